The van der Waals surface area contributed by atoms with Gasteiger partial charge < -0.3 is 26.2 Å². The topological polar surface area (TPSA) is 167 Å². The summed E-state index contributed by atoms with van der Waals surface area (Å²) in [7, 11) is 0. The van der Waals surface area contributed by atoms with Gasteiger partial charge in [-0.25, -0.2) is 4.79 Å². The zero-order valence-corrected chi connectivity index (χ0v) is 14.1. The summed E-state index contributed by atoms with van der Waals surface area (Å²) in [5, 5.41) is 20.2. The van der Waals surface area contributed by atoms with E-state index in [1.807, 2.05) is 0 Å². The maximum atomic E-state index is 12.6. The first-order chi connectivity index (χ1) is 11.5. The highest BCUT2D eigenvalue weighted by molar-refractivity contribution is 5.97. The molecule has 10 heteroatoms. The Morgan fingerprint density at radius 3 is 2.36 bits per heavy atom. The molecule has 1 fully saturated rings. The zero-order valence-electron chi connectivity index (χ0n) is 14.1. The van der Waals surface area contributed by atoms with Crippen LogP contribution in [0.4, 0.5) is 0 Å². The van der Waals surface area contributed by atoms with Crippen molar-refractivity contribution >= 4 is 29.5 Å². The van der Waals surface area contributed by atoms with E-state index in [9.17, 15) is 24.0 Å². The molecule has 1 heterocycles. The van der Waals surface area contributed by atoms with E-state index in [1.165, 1.54) is 13.8 Å². The summed E-state index contributed by atoms with van der Waals surface area (Å²) in [6, 6.07) is -3.04. The summed E-state index contributed by atoms with van der Waals surface area (Å²) in [5.41, 5.74) is 5.44. The van der Waals surface area contributed by atoms with Crippen LogP contribution in [0.1, 0.15) is 33.1 Å². The van der Waals surface area contributed by atoms with Crippen molar-refractivity contribution in [1.82, 2.24) is 10.2 Å². The summed E-state index contributed by atoms with van der Waals surface area (Å²) in [5.74, 6) is -4.69. The number of nitrogens with zero attached hydrogens (tertiary/aromatic N) is 1. The predicted octanol–water partition coefficient (Wildman–Crippen LogP) is -1.43. The standard InChI is InChI=1S/C15H23N3O7/c1-7(16)14(23)17-10(3-4-12(20)21)13(22)9-5-11(19)18(6-9)8(2)15(24)25/h7-10H,3-6,16H2,1-2H3,(H,17,23)(H,20,21)(H,24,25)/t7-,8-,9-,10-/m0/s1. The second kappa shape index (κ2) is 8.56. The van der Waals surface area contributed by atoms with Gasteiger partial charge in [-0.15, -0.1) is 0 Å². The highest BCUT2D eigenvalue weighted by atomic mass is 16.4. The fourth-order valence-electron chi connectivity index (χ4n) is 2.57. The Labute approximate surface area is 144 Å². The largest absolute Gasteiger partial charge is 0.481 e. The third kappa shape index (κ3) is 5.52. The molecule has 0 aromatic rings. The molecule has 1 saturated heterocycles. The van der Waals surface area contributed by atoms with E-state index < -0.39 is 53.6 Å². The Hall–Kier alpha value is -2.49. The fraction of sp³-hybridized carbons (Fsp3) is 0.667. The maximum absolute atomic E-state index is 12.6. The van der Waals surface area contributed by atoms with Gasteiger partial charge in [0, 0.05) is 25.3 Å². The number of likely N-dealkylation sites (tertiary alicyclic amines) is 1. The molecule has 0 aromatic heterocycles. The molecule has 1 aliphatic heterocycles. The molecular weight excluding hydrogens is 334 g/mol. The maximum Gasteiger partial charge on any atom is 0.326 e. The molecule has 0 aliphatic carbocycles. The number of carbonyl (C=O) groups is 5. The first-order valence-corrected chi connectivity index (χ1v) is 7.88. The van der Waals surface area contributed by atoms with Crippen LogP contribution in [0.25, 0.3) is 0 Å². The van der Waals surface area contributed by atoms with Crippen molar-refractivity contribution in [3.63, 3.8) is 0 Å². The molecule has 0 bridgehead atoms. The van der Waals surface area contributed by atoms with Crippen molar-refractivity contribution in [3.8, 4) is 0 Å². The fourth-order valence-corrected chi connectivity index (χ4v) is 2.57. The van der Waals surface area contributed by atoms with Crippen molar-refractivity contribution in [3.05, 3.63) is 0 Å². The van der Waals surface area contributed by atoms with E-state index in [2.05, 4.69) is 5.32 Å². The normalized spacial score (nSPS) is 20.7. The lowest BCUT2D eigenvalue weighted by atomic mass is 9.94. The van der Waals surface area contributed by atoms with Gasteiger partial charge in [0.25, 0.3) is 0 Å². The smallest absolute Gasteiger partial charge is 0.326 e. The number of carboxylic acid groups (broad SMARTS) is 2. The average Bonchev–Trinajstić information content (AvgIpc) is 2.90. The van der Waals surface area contributed by atoms with Crippen LogP contribution in [0.5, 0.6) is 0 Å². The van der Waals surface area contributed by atoms with E-state index in [0.717, 1.165) is 4.90 Å². The van der Waals surface area contributed by atoms with Crippen LogP contribution in [-0.4, -0.2) is 69.3 Å². The number of hydrogen-bond acceptors (Lipinski definition) is 6. The molecule has 0 aromatic carbocycles. The summed E-state index contributed by atoms with van der Waals surface area (Å²) < 4.78 is 0. The van der Waals surface area contributed by atoms with Crippen LogP contribution in [0.3, 0.4) is 0 Å². The van der Waals surface area contributed by atoms with Crippen molar-refractivity contribution in [2.24, 2.45) is 11.7 Å². The number of carbonyl (C=O) groups excluding carboxylic acids is 3. The SMILES string of the molecule is C[C@H](N)C(=O)N[C@@H](CCC(=O)O)C(=O)[C@H]1CC(=O)N([C@@H](C)C(=O)O)C1. The molecule has 0 unspecified atom stereocenters. The highest BCUT2D eigenvalue weighted by Gasteiger charge is 2.41. The predicted molar refractivity (Wildman–Crippen MR) is 84.4 cm³/mol. The van der Waals surface area contributed by atoms with E-state index in [0.29, 0.717) is 0 Å². The Morgan fingerprint density at radius 2 is 1.88 bits per heavy atom. The Morgan fingerprint density at radius 1 is 1.28 bits per heavy atom. The molecule has 5 N–H and O–H groups in total. The monoisotopic (exact) mass is 357 g/mol. The first kappa shape index (κ1) is 20.6. The van der Waals surface area contributed by atoms with Gasteiger partial charge in [-0.2, -0.15) is 0 Å². The van der Waals surface area contributed by atoms with Gasteiger partial charge in [0.2, 0.25) is 11.8 Å². The summed E-state index contributed by atoms with van der Waals surface area (Å²) in [6.45, 7) is 2.68. The van der Waals surface area contributed by atoms with Gasteiger partial charge in [-0.05, 0) is 20.3 Å². The second-order valence-electron chi connectivity index (χ2n) is 6.15. The number of carboxylic acids is 2. The lowest BCUT2D eigenvalue weighted by molar-refractivity contribution is -0.147. The van der Waals surface area contributed by atoms with Gasteiger partial charge in [0.15, 0.2) is 5.78 Å². The van der Waals surface area contributed by atoms with Gasteiger partial charge in [-0.1, -0.05) is 0 Å². The molecule has 25 heavy (non-hydrogen) atoms. The number of rotatable bonds is 9. The van der Waals surface area contributed by atoms with Gasteiger partial charge in [0.1, 0.15) is 6.04 Å². The van der Waals surface area contributed by atoms with Crippen molar-refractivity contribution in [2.45, 2.75) is 51.2 Å². The van der Waals surface area contributed by atoms with Crippen LogP contribution >= 0.6 is 0 Å². The number of aliphatic carboxylic acids is 2. The molecule has 0 spiro atoms. The van der Waals surface area contributed by atoms with Gasteiger partial charge in [0.05, 0.1) is 12.1 Å². The van der Waals surface area contributed by atoms with E-state index >= 15 is 0 Å². The number of nitrogens with two attached hydrogens (primary N) is 1. The number of amides is 2. The molecule has 0 saturated carbocycles. The minimum atomic E-state index is -1.19. The number of nitrogens with one attached hydrogen (secondary N) is 1. The molecule has 140 valence electrons. The number of ketones is 1. The Balaban J connectivity index is 2.86. The van der Waals surface area contributed by atoms with Crippen LogP contribution in [0.2, 0.25) is 0 Å². The summed E-state index contributed by atoms with van der Waals surface area (Å²) >= 11 is 0. The van der Waals surface area contributed by atoms with E-state index in [4.69, 9.17) is 15.9 Å². The Bertz CT molecular complexity index is 575. The van der Waals surface area contributed by atoms with Crippen molar-refractivity contribution in [2.75, 3.05) is 6.54 Å². The van der Waals surface area contributed by atoms with Crippen LogP contribution in [0.15, 0.2) is 0 Å². The van der Waals surface area contributed by atoms with E-state index in [-0.39, 0.29) is 25.8 Å². The quantitative estimate of drug-likeness (QED) is 0.390. The zero-order chi connectivity index (χ0) is 19.3. The minimum Gasteiger partial charge on any atom is -0.481 e. The second-order valence-corrected chi connectivity index (χ2v) is 6.15. The Kier molecular flexibility index (Phi) is 7.04. The lowest BCUT2D eigenvalue weighted by Crippen LogP contribution is -2.49. The van der Waals surface area contributed by atoms with Crippen LogP contribution < -0.4 is 11.1 Å². The van der Waals surface area contributed by atoms with Crippen LogP contribution in [0, 0.1) is 5.92 Å². The minimum absolute atomic E-state index is 0.0806. The molecular formula is C15H23N3O7. The van der Waals surface area contributed by atoms with Crippen molar-refractivity contribution < 1.29 is 34.2 Å². The summed E-state index contributed by atoms with van der Waals surface area (Å²) in [6.07, 6.45) is -0.647. The molecule has 2 amide bonds. The molecule has 0 radical (unpaired) electrons. The average molecular weight is 357 g/mol. The van der Waals surface area contributed by atoms with E-state index in [1.54, 1.807) is 0 Å². The highest BCUT2D eigenvalue weighted by Crippen LogP contribution is 2.23. The number of hydrogen-bond donors (Lipinski definition) is 4. The van der Waals surface area contributed by atoms with Crippen molar-refractivity contribution in [1.29, 1.82) is 0 Å². The molecule has 10 nitrogen and oxygen atoms in total. The molecule has 1 rings (SSSR count). The first-order valence-electron chi connectivity index (χ1n) is 7.88. The third-order valence-corrected chi connectivity index (χ3v) is 4.11. The van der Waals surface area contributed by atoms with Crippen LogP contribution in [-0.2, 0) is 24.0 Å². The van der Waals surface area contributed by atoms with Gasteiger partial charge >= 0.3 is 11.9 Å². The molecule has 4 atom stereocenters. The lowest BCUT2D eigenvalue weighted by Gasteiger charge is -2.23. The van der Waals surface area contributed by atoms with Gasteiger partial charge in [-0.3, -0.25) is 19.2 Å². The molecule has 1 aliphatic rings. The summed E-state index contributed by atoms with van der Waals surface area (Å²) in [4.78, 5) is 59.2. The number of Topliss-reactive ketones (excluding diaryl/α,β-unsaturated/α-hetero) is 1. The third-order valence-electron chi connectivity index (χ3n) is 4.11.